The number of nitrogens with one attached hydrogen (secondary N) is 3. The molecule has 0 saturated carbocycles. The highest BCUT2D eigenvalue weighted by atomic mass is 16.2. The maximum Gasteiger partial charge on any atom is 0.318 e. The molecule has 0 aromatic heterocycles. The van der Waals surface area contributed by atoms with Crippen LogP contribution in [-0.2, 0) is 0 Å². The second-order valence-corrected chi connectivity index (χ2v) is 5.68. The lowest BCUT2D eigenvalue weighted by Crippen LogP contribution is -2.43. The summed E-state index contributed by atoms with van der Waals surface area (Å²) >= 11 is 0. The zero-order chi connectivity index (χ0) is 15.8. The van der Waals surface area contributed by atoms with Crippen LogP contribution in [0.15, 0.2) is 0 Å². The third-order valence-electron chi connectivity index (χ3n) is 3.58. The Morgan fingerprint density at radius 3 is 1.71 bits per heavy atom. The van der Waals surface area contributed by atoms with Crippen LogP contribution in [0.4, 0.5) is 4.79 Å². The Hall–Kier alpha value is -1.26. The van der Waals surface area contributed by atoms with Crippen molar-refractivity contribution in [3.05, 3.63) is 0 Å². The van der Waals surface area contributed by atoms with Gasteiger partial charge in [-0.05, 0) is 6.42 Å². The van der Waals surface area contributed by atoms with Gasteiger partial charge in [0, 0.05) is 6.54 Å². The molecule has 0 fully saturated rings. The van der Waals surface area contributed by atoms with Gasteiger partial charge in [0.15, 0.2) is 5.96 Å². The van der Waals surface area contributed by atoms with E-state index in [1.807, 2.05) is 0 Å². The lowest BCUT2D eigenvalue weighted by molar-refractivity contribution is 0.252. The van der Waals surface area contributed by atoms with E-state index < -0.39 is 6.03 Å². The zero-order valence-electron chi connectivity index (χ0n) is 13.7. The maximum absolute atomic E-state index is 10.5. The smallest absolute Gasteiger partial charge is 0.318 e. The number of amides is 2. The van der Waals surface area contributed by atoms with E-state index in [0.29, 0.717) is 0 Å². The summed E-state index contributed by atoms with van der Waals surface area (Å²) in [5.74, 6) is -0.00873. The van der Waals surface area contributed by atoms with Crippen LogP contribution in [0.25, 0.3) is 0 Å². The summed E-state index contributed by atoms with van der Waals surface area (Å²) in [5, 5.41) is 12.4. The molecular formula is C16H34N4O. The molecule has 0 atom stereocenters. The van der Waals surface area contributed by atoms with E-state index in [9.17, 15) is 4.79 Å². The van der Waals surface area contributed by atoms with Gasteiger partial charge in [-0.2, -0.15) is 0 Å². The fourth-order valence-corrected chi connectivity index (χ4v) is 2.35. The van der Waals surface area contributed by atoms with Crippen LogP contribution < -0.4 is 16.4 Å². The fourth-order valence-electron chi connectivity index (χ4n) is 2.35. The Bertz CT molecular complexity index is 269. The number of hydrogen-bond donors (Lipinski definition) is 4. The van der Waals surface area contributed by atoms with Gasteiger partial charge >= 0.3 is 6.03 Å². The molecular weight excluding hydrogens is 264 g/mol. The number of unbranched alkanes of at least 4 members (excludes halogenated alkanes) is 11. The SMILES string of the molecule is CCCCCCCCCCCCCCNC(=N)NC(N)=O. The minimum absolute atomic E-state index is 0.00873. The van der Waals surface area contributed by atoms with Gasteiger partial charge in [0.1, 0.15) is 0 Å². The summed E-state index contributed by atoms with van der Waals surface area (Å²) in [6.07, 6.45) is 15.8. The first-order chi connectivity index (χ1) is 10.2. The Morgan fingerprint density at radius 2 is 1.29 bits per heavy atom. The molecule has 5 heteroatoms. The van der Waals surface area contributed by atoms with Crippen molar-refractivity contribution in [2.45, 2.75) is 84.0 Å². The van der Waals surface area contributed by atoms with Gasteiger partial charge in [0.25, 0.3) is 0 Å². The Balaban J connectivity index is 3.09. The average molecular weight is 298 g/mol. The molecule has 21 heavy (non-hydrogen) atoms. The largest absolute Gasteiger partial charge is 0.356 e. The van der Waals surface area contributed by atoms with Crippen molar-refractivity contribution in [3.8, 4) is 0 Å². The lowest BCUT2D eigenvalue weighted by Gasteiger charge is -2.07. The van der Waals surface area contributed by atoms with Gasteiger partial charge in [-0.3, -0.25) is 10.7 Å². The van der Waals surface area contributed by atoms with Crippen molar-refractivity contribution in [3.63, 3.8) is 0 Å². The van der Waals surface area contributed by atoms with E-state index in [-0.39, 0.29) is 5.96 Å². The van der Waals surface area contributed by atoms with E-state index in [0.717, 1.165) is 13.0 Å². The minimum Gasteiger partial charge on any atom is -0.356 e. The quantitative estimate of drug-likeness (QED) is 0.236. The molecule has 0 saturated heterocycles. The van der Waals surface area contributed by atoms with E-state index in [1.165, 1.54) is 70.6 Å². The summed E-state index contributed by atoms with van der Waals surface area (Å²) in [6.45, 7) is 2.98. The minimum atomic E-state index is -0.692. The Labute approximate surface area is 129 Å². The van der Waals surface area contributed by atoms with Crippen LogP contribution in [0.3, 0.4) is 0 Å². The molecule has 124 valence electrons. The first kappa shape index (κ1) is 19.7. The zero-order valence-corrected chi connectivity index (χ0v) is 13.7. The van der Waals surface area contributed by atoms with Crippen LogP contribution in [0, 0.1) is 5.41 Å². The highest BCUT2D eigenvalue weighted by Gasteiger charge is 1.98. The van der Waals surface area contributed by atoms with Crippen molar-refractivity contribution in [2.24, 2.45) is 5.73 Å². The van der Waals surface area contributed by atoms with Crippen LogP contribution in [0.1, 0.15) is 84.0 Å². The molecule has 0 heterocycles. The molecule has 0 unspecified atom stereocenters. The number of guanidine groups is 1. The highest BCUT2D eigenvalue weighted by molar-refractivity contribution is 5.93. The molecule has 0 rings (SSSR count). The van der Waals surface area contributed by atoms with E-state index in [4.69, 9.17) is 11.1 Å². The Kier molecular flexibility index (Phi) is 14.2. The molecule has 0 aliphatic rings. The van der Waals surface area contributed by atoms with Gasteiger partial charge < -0.3 is 11.1 Å². The third-order valence-corrected chi connectivity index (χ3v) is 3.58. The molecule has 0 aromatic rings. The van der Waals surface area contributed by atoms with Crippen LogP contribution >= 0.6 is 0 Å². The molecule has 0 aromatic carbocycles. The molecule has 0 bridgehead atoms. The standard InChI is InChI=1S/C16H34N4O/c1-2-3-4-5-6-7-8-9-10-11-12-13-14-19-15(17)20-16(18)21/h2-14H2,1H3,(H5,17,18,19,20,21). The van der Waals surface area contributed by atoms with Crippen molar-refractivity contribution < 1.29 is 4.79 Å². The number of rotatable bonds is 13. The summed E-state index contributed by atoms with van der Waals surface area (Å²) in [4.78, 5) is 10.5. The molecule has 0 aliphatic heterocycles. The van der Waals surface area contributed by atoms with Gasteiger partial charge in [0.05, 0.1) is 0 Å². The summed E-state index contributed by atoms with van der Waals surface area (Å²) in [7, 11) is 0. The number of hydrogen-bond acceptors (Lipinski definition) is 2. The second-order valence-electron chi connectivity index (χ2n) is 5.68. The summed E-state index contributed by atoms with van der Waals surface area (Å²) in [6, 6.07) is -0.692. The molecule has 0 spiro atoms. The number of carbonyl (C=O) groups excluding carboxylic acids is 1. The first-order valence-electron chi connectivity index (χ1n) is 8.55. The van der Waals surface area contributed by atoms with Gasteiger partial charge in [0.2, 0.25) is 0 Å². The maximum atomic E-state index is 10.5. The van der Waals surface area contributed by atoms with Crippen molar-refractivity contribution in [1.29, 1.82) is 5.41 Å². The van der Waals surface area contributed by atoms with Crippen LogP contribution in [0.5, 0.6) is 0 Å². The number of nitrogens with two attached hydrogens (primary N) is 1. The van der Waals surface area contributed by atoms with Crippen molar-refractivity contribution in [1.82, 2.24) is 10.6 Å². The van der Waals surface area contributed by atoms with E-state index >= 15 is 0 Å². The Morgan fingerprint density at radius 1 is 0.857 bits per heavy atom. The topological polar surface area (TPSA) is 91.0 Å². The molecule has 5 nitrogen and oxygen atoms in total. The van der Waals surface area contributed by atoms with Crippen LogP contribution in [0.2, 0.25) is 0 Å². The normalized spacial score (nSPS) is 10.3. The second kappa shape index (κ2) is 15.1. The fraction of sp³-hybridized carbons (Fsp3) is 0.875. The highest BCUT2D eigenvalue weighted by Crippen LogP contribution is 2.11. The molecule has 0 radical (unpaired) electrons. The lowest BCUT2D eigenvalue weighted by atomic mass is 10.1. The summed E-state index contributed by atoms with van der Waals surface area (Å²) in [5.41, 5.74) is 4.91. The van der Waals surface area contributed by atoms with Gasteiger partial charge in [-0.1, -0.05) is 77.6 Å². The van der Waals surface area contributed by atoms with E-state index in [2.05, 4.69) is 17.6 Å². The van der Waals surface area contributed by atoms with Crippen LogP contribution in [-0.4, -0.2) is 18.5 Å². The first-order valence-corrected chi connectivity index (χ1v) is 8.55. The average Bonchev–Trinajstić information content (AvgIpc) is 2.43. The summed E-state index contributed by atoms with van der Waals surface area (Å²) < 4.78 is 0. The number of urea groups is 1. The number of primary amides is 1. The third kappa shape index (κ3) is 16.7. The molecule has 5 N–H and O–H groups in total. The number of carbonyl (C=O) groups is 1. The van der Waals surface area contributed by atoms with Crippen molar-refractivity contribution >= 4 is 12.0 Å². The predicted octanol–water partition coefficient (Wildman–Crippen LogP) is 3.88. The molecule has 0 aliphatic carbocycles. The van der Waals surface area contributed by atoms with Gasteiger partial charge in [-0.15, -0.1) is 0 Å². The monoisotopic (exact) mass is 298 g/mol. The predicted molar refractivity (Wildman–Crippen MR) is 89.5 cm³/mol. The van der Waals surface area contributed by atoms with Crippen molar-refractivity contribution in [2.75, 3.05) is 6.54 Å². The molecule has 2 amide bonds. The van der Waals surface area contributed by atoms with Gasteiger partial charge in [-0.25, -0.2) is 4.79 Å². The van der Waals surface area contributed by atoms with E-state index in [1.54, 1.807) is 0 Å².